The van der Waals surface area contributed by atoms with Gasteiger partial charge in [-0.1, -0.05) is 17.7 Å². The van der Waals surface area contributed by atoms with E-state index in [4.69, 9.17) is 4.74 Å². The molecule has 2 heterocycles. The molecule has 8 heteroatoms. The van der Waals surface area contributed by atoms with Crippen LogP contribution in [-0.4, -0.2) is 25.6 Å². The summed E-state index contributed by atoms with van der Waals surface area (Å²) >= 11 is 0. The summed E-state index contributed by atoms with van der Waals surface area (Å²) in [6.07, 6.45) is 3.17. The molecule has 31 heavy (non-hydrogen) atoms. The number of nitrogens with one attached hydrogen (secondary N) is 2. The maximum absolute atomic E-state index is 12.2. The quantitative estimate of drug-likeness (QED) is 0.478. The van der Waals surface area contributed by atoms with E-state index >= 15 is 0 Å². The van der Waals surface area contributed by atoms with Gasteiger partial charge >= 0.3 is 6.03 Å². The number of hydrogen-bond donors (Lipinski definition) is 2. The molecule has 0 radical (unpaired) electrons. The molecule has 4 rings (SSSR count). The highest BCUT2D eigenvalue weighted by atomic mass is 16.5. The van der Waals surface area contributed by atoms with E-state index in [0.29, 0.717) is 23.1 Å². The van der Waals surface area contributed by atoms with Crippen LogP contribution in [0.15, 0.2) is 67.3 Å². The van der Waals surface area contributed by atoms with E-state index in [1.165, 1.54) is 6.33 Å². The lowest BCUT2D eigenvalue weighted by Gasteiger charge is -2.10. The number of rotatable bonds is 5. The number of urea groups is 1. The molecule has 2 N–H and O–H groups in total. The molecular formula is C23H22N6O2. The fraction of sp³-hybridized carbons (Fsp3) is 0.130. The summed E-state index contributed by atoms with van der Waals surface area (Å²) in [6, 6.07) is 16.1. The van der Waals surface area contributed by atoms with Crippen molar-refractivity contribution in [1.29, 1.82) is 0 Å². The molecule has 4 aromatic rings. The van der Waals surface area contributed by atoms with Crippen molar-refractivity contribution in [2.45, 2.75) is 20.8 Å². The van der Waals surface area contributed by atoms with Crippen LogP contribution in [0.25, 0.3) is 5.82 Å². The number of aryl methyl sites for hydroxylation is 2. The van der Waals surface area contributed by atoms with Crippen molar-refractivity contribution >= 4 is 17.4 Å². The van der Waals surface area contributed by atoms with Crippen LogP contribution in [0.3, 0.4) is 0 Å². The molecule has 0 saturated heterocycles. The summed E-state index contributed by atoms with van der Waals surface area (Å²) in [5.74, 6) is 1.68. The zero-order valence-electron chi connectivity index (χ0n) is 17.5. The molecule has 0 atom stereocenters. The number of benzene rings is 2. The molecule has 2 amide bonds. The number of hydrogen-bond acceptors (Lipinski definition) is 5. The van der Waals surface area contributed by atoms with Gasteiger partial charge in [0.1, 0.15) is 24.2 Å². The van der Waals surface area contributed by atoms with Crippen molar-refractivity contribution in [2.75, 3.05) is 10.6 Å². The Bertz CT molecular complexity index is 1200. The Balaban J connectivity index is 1.39. The van der Waals surface area contributed by atoms with Gasteiger partial charge < -0.3 is 15.4 Å². The number of amides is 2. The molecule has 2 aromatic carbocycles. The average molecular weight is 414 g/mol. The lowest BCUT2D eigenvalue weighted by atomic mass is 10.2. The highest BCUT2D eigenvalue weighted by Gasteiger charge is 2.08. The Labute approximate surface area is 180 Å². The van der Waals surface area contributed by atoms with Gasteiger partial charge in [0.15, 0.2) is 0 Å². The van der Waals surface area contributed by atoms with Crippen molar-refractivity contribution in [3.63, 3.8) is 0 Å². The zero-order valence-corrected chi connectivity index (χ0v) is 17.5. The molecule has 0 spiro atoms. The van der Waals surface area contributed by atoms with E-state index in [9.17, 15) is 4.79 Å². The first-order valence-electron chi connectivity index (χ1n) is 9.73. The summed E-state index contributed by atoms with van der Waals surface area (Å²) in [4.78, 5) is 24.9. The second-order valence-corrected chi connectivity index (χ2v) is 7.07. The number of carbonyl (C=O) groups is 1. The first-order chi connectivity index (χ1) is 15.0. The molecule has 2 aromatic heterocycles. The monoisotopic (exact) mass is 414 g/mol. The van der Waals surface area contributed by atoms with Crippen LogP contribution >= 0.6 is 0 Å². The lowest BCUT2D eigenvalue weighted by Crippen LogP contribution is -2.19. The highest BCUT2D eigenvalue weighted by Crippen LogP contribution is 2.23. The Hall–Kier alpha value is -4.20. The summed E-state index contributed by atoms with van der Waals surface area (Å²) < 4.78 is 7.72. The van der Waals surface area contributed by atoms with Gasteiger partial charge in [-0.15, -0.1) is 0 Å². The van der Waals surface area contributed by atoms with E-state index in [1.54, 1.807) is 36.7 Å². The SMILES string of the molecule is Cc1ccc(NC(=O)Nc2ccc(Oc3cc(-n4cnc(C)c4C)ncn3)cc2)cc1. The third-order valence-electron chi connectivity index (χ3n) is 4.77. The average Bonchev–Trinajstić information content (AvgIpc) is 3.10. The van der Waals surface area contributed by atoms with E-state index < -0.39 is 0 Å². The van der Waals surface area contributed by atoms with E-state index in [1.807, 2.05) is 49.6 Å². The molecule has 0 aliphatic rings. The highest BCUT2D eigenvalue weighted by molar-refractivity contribution is 5.99. The van der Waals surface area contributed by atoms with E-state index in [0.717, 1.165) is 22.6 Å². The number of imidazole rings is 1. The van der Waals surface area contributed by atoms with Crippen LogP contribution in [-0.2, 0) is 0 Å². The number of ether oxygens (including phenoxy) is 1. The van der Waals surface area contributed by atoms with Crippen molar-refractivity contribution in [2.24, 2.45) is 0 Å². The normalized spacial score (nSPS) is 10.5. The van der Waals surface area contributed by atoms with Gasteiger partial charge in [0.2, 0.25) is 5.88 Å². The van der Waals surface area contributed by atoms with Gasteiger partial charge in [-0.25, -0.2) is 19.7 Å². The van der Waals surface area contributed by atoms with Gasteiger partial charge in [-0.3, -0.25) is 4.57 Å². The molecule has 0 bridgehead atoms. The topological polar surface area (TPSA) is 94.0 Å². The van der Waals surface area contributed by atoms with Crippen LogP contribution in [0.5, 0.6) is 11.6 Å². The molecule has 0 aliphatic carbocycles. The third-order valence-corrected chi connectivity index (χ3v) is 4.77. The van der Waals surface area contributed by atoms with Crippen molar-refractivity contribution in [3.05, 3.63) is 84.2 Å². The Morgan fingerprint density at radius 3 is 2.13 bits per heavy atom. The summed E-state index contributed by atoms with van der Waals surface area (Å²) in [5.41, 5.74) is 4.45. The number of aromatic nitrogens is 4. The van der Waals surface area contributed by atoms with Crippen molar-refractivity contribution < 1.29 is 9.53 Å². The maximum atomic E-state index is 12.2. The number of anilines is 2. The van der Waals surface area contributed by atoms with Crippen LogP contribution < -0.4 is 15.4 Å². The van der Waals surface area contributed by atoms with Crippen LogP contribution in [0.1, 0.15) is 17.0 Å². The fourth-order valence-corrected chi connectivity index (χ4v) is 2.90. The minimum atomic E-state index is -0.316. The summed E-state index contributed by atoms with van der Waals surface area (Å²) in [7, 11) is 0. The van der Waals surface area contributed by atoms with Crippen molar-refractivity contribution in [1.82, 2.24) is 19.5 Å². The maximum Gasteiger partial charge on any atom is 0.323 e. The minimum absolute atomic E-state index is 0.316. The molecule has 156 valence electrons. The van der Waals surface area contributed by atoms with Gasteiger partial charge in [-0.05, 0) is 57.2 Å². The molecule has 0 unspecified atom stereocenters. The Morgan fingerprint density at radius 2 is 1.52 bits per heavy atom. The predicted molar refractivity (Wildman–Crippen MR) is 119 cm³/mol. The predicted octanol–water partition coefficient (Wildman–Crippen LogP) is 5.02. The number of carbonyl (C=O) groups excluding carboxylic acids is 1. The third kappa shape index (κ3) is 4.87. The van der Waals surface area contributed by atoms with Gasteiger partial charge in [0.25, 0.3) is 0 Å². The number of nitrogens with zero attached hydrogens (tertiary/aromatic N) is 4. The smallest absolute Gasteiger partial charge is 0.323 e. The van der Waals surface area contributed by atoms with E-state index in [2.05, 4.69) is 25.6 Å². The van der Waals surface area contributed by atoms with Gasteiger partial charge in [0, 0.05) is 23.1 Å². The first kappa shape index (κ1) is 20.1. The van der Waals surface area contributed by atoms with Crippen LogP contribution in [0, 0.1) is 20.8 Å². The van der Waals surface area contributed by atoms with Crippen molar-refractivity contribution in [3.8, 4) is 17.4 Å². The molecule has 0 aliphatic heterocycles. The van der Waals surface area contributed by atoms with Gasteiger partial charge in [-0.2, -0.15) is 0 Å². The summed E-state index contributed by atoms with van der Waals surface area (Å²) in [6.45, 7) is 5.92. The van der Waals surface area contributed by atoms with E-state index in [-0.39, 0.29) is 6.03 Å². The minimum Gasteiger partial charge on any atom is -0.439 e. The second kappa shape index (κ2) is 8.66. The molecule has 0 saturated carbocycles. The molecule has 8 nitrogen and oxygen atoms in total. The zero-order chi connectivity index (χ0) is 21.8. The lowest BCUT2D eigenvalue weighted by molar-refractivity contribution is 0.262. The van der Waals surface area contributed by atoms with Crippen LogP contribution in [0.4, 0.5) is 16.2 Å². The fourth-order valence-electron chi connectivity index (χ4n) is 2.90. The van der Waals surface area contributed by atoms with Gasteiger partial charge in [0.05, 0.1) is 5.69 Å². The summed E-state index contributed by atoms with van der Waals surface area (Å²) in [5, 5.41) is 5.59. The standard InChI is InChI=1S/C23H22N6O2/c1-15-4-6-18(7-5-15)27-23(30)28-19-8-10-20(11-9-19)31-22-12-21(24-13-25-22)29-14-26-16(2)17(29)3/h4-14H,1-3H3,(H2,27,28,30). The Morgan fingerprint density at radius 1 is 0.871 bits per heavy atom. The Kier molecular flexibility index (Phi) is 5.61. The first-order valence-corrected chi connectivity index (χ1v) is 9.73. The molecule has 0 fully saturated rings. The van der Waals surface area contributed by atoms with Crippen LogP contribution in [0.2, 0.25) is 0 Å². The second-order valence-electron chi connectivity index (χ2n) is 7.07. The largest absolute Gasteiger partial charge is 0.439 e. The molecular weight excluding hydrogens is 392 g/mol.